The van der Waals surface area contributed by atoms with Crippen molar-refractivity contribution in [2.24, 2.45) is 0 Å². The van der Waals surface area contributed by atoms with E-state index in [2.05, 4.69) is 52.0 Å². The van der Waals surface area contributed by atoms with Gasteiger partial charge >= 0.3 is 0 Å². The van der Waals surface area contributed by atoms with E-state index in [0.717, 1.165) is 24.4 Å². The van der Waals surface area contributed by atoms with Gasteiger partial charge in [-0.1, -0.05) is 45.0 Å². The molecule has 0 saturated carbocycles. The van der Waals surface area contributed by atoms with Crippen molar-refractivity contribution in [3.8, 4) is 0 Å². The summed E-state index contributed by atoms with van der Waals surface area (Å²) in [5, 5.41) is 0. The predicted molar refractivity (Wildman–Crippen MR) is 77.5 cm³/mol. The third kappa shape index (κ3) is 2.16. The highest BCUT2D eigenvalue weighted by atomic mass is 14.9. The molecule has 1 heterocycles. The molecular weight excluding hydrogens is 232 g/mol. The van der Waals surface area contributed by atoms with E-state index in [-0.39, 0.29) is 5.41 Å². The van der Waals surface area contributed by atoms with Crippen LogP contribution in [0.1, 0.15) is 54.7 Å². The number of hydrogen-bond acceptors (Lipinski definition) is 2. The van der Waals surface area contributed by atoms with E-state index >= 15 is 0 Å². The monoisotopic (exact) mass is 252 g/mol. The second-order valence-corrected chi connectivity index (χ2v) is 6.43. The van der Waals surface area contributed by atoms with Crippen molar-refractivity contribution in [1.29, 1.82) is 0 Å². The standard InChI is InChI=1S/C17H20N2/c1-11-14-9-12-7-5-6-8-13(12)10-15(14)19-16(18-11)17(2,3)4/h5-8H,9-10H2,1-4H3. The van der Waals surface area contributed by atoms with Crippen molar-refractivity contribution < 1.29 is 0 Å². The molecule has 1 aromatic heterocycles. The first-order chi connectivity index (χ1) is 8.95. The molecule has 0 N–H and O–H groups in total. The number of fused-ring (bicyclic) bond motifs is 2. The maximum atomic E-state index is 4.83. The molecule has 3 rings (SSSR count). The quantitative estimate of drug-likeness (QED) is 0.611. The molecule has 0 saturated heterocycles. The molecule has 2 aromatic rings. The highest BCUT2D eigenvalue weighted by Crippen LogP contribution is 2.29. The molecule has 0 radical (unpaired) electrons. The summed E-state index contributed by atoms with van der Waals surface area (Å²) in [6.45, 7) is 8.63. The lowest BCUT2D eigenvalue weighted by Gasteiger charge is -2.24. The van der Waals surface area contributed by atoms with Crippen molar-refractivity contribution in [3.05, 3.63) is 58.2 Å². The van der Waals surface area contributed by atoms with Crippen molar-refractivity contribution in [1.82, 2.24) is 9.97 Å². The molecule has 1 aliphatic carbocycles. The summed E-state index contributed by atoms with van der Waals surface area (Å²) in [5.74, 6) is 0.961. The Kier molecular flexibility index (Phi) is 2.70. The molecule has 0 unspecified atom stereocenters. The summed E-state index contributed by atoms with van der Waals surface area (Å²) in [5.41, 5.74) is 6.53. The molecular formula is C17H20N2. The summed E-state index contributed by atoms with van der Waals surface area (Å²) < 4.78 is 0. The van der Waals surface area contributed by atoms with E-state index in [1.807, 2.05) is 0 Å². The Labute approximate surface area is 114 Å². The van der Waals surface area contributed by atoms with Gasteiger partial charge in [-0.25, -0.2) is 9.97 Å². The van der Waals surface area contributed by atoms with Crippen LogP contribution in [0.4, 0.5) is 0 Å². The van der Waals surface area contributed by atoms with E-state index in [9.17, 15) is 0 Å². The van der Waals surface area contributed by atoms with Gasteiger partial charge in [-0.15, -0.1) is 0 Å². The van der Waals surface area contributed by atoms with Gasteiger partial charge in [0.15, 0.2) is 0 Å². The molecule has 0 amide bonds. The molecule has 2 nitrogen and oxygen atoms in total. The van der Waals surface area contributed by atoms with Crippen LogP contribution in [0, 0.1) is 6.92 Å². The van der Waals surface area contributed by atoms with Crippen LogP contribution in [0.3, 0.4) is 0 Å². The summed E-state index contributed by atoms with van der Waals surface area (Å²) >= 11 is 0. The van der Waals surface area contributed by atoms with Gasteiger partial charge in [0.1, 0.15) is 5.82 Å². The van der Waals surface area contributed by atoms with E-state index in [1.54, 1.807) is 0 Å². The molecule has 0 spiro atoms. The Balaban J connectivity index is 2.11. The van der Waals surface area contributed by atoms with Crippen LogP contribution in [0.25, 0.3) is 0 Å². The lowest BCUT2D eigenvalue weighted by atomic mass is 9.87. The van der Waals surface area contributed by atoms with Crippen LogP contribution < -0.4 is 0 Å². The van der Waals surface area contributed by atoms with E-state index in [1.165, 1.54) is 22.4 Å². The second-order valence-electron chi connectivity index (χ2n) is 6.43. The third-order valence-corrected chi connectivity index (χ3v) is 3.81. The number of hydrogen-bond donors (Lipinski definition) is 0. The Morgan fingerprint density at radius 3 is 2.21 bits per heavy atom. The average molecular weight is 252 g/mol. The molecule has 1 aliphatic rings. The van der Waals surface area contributed by atoms with Gasteiger partial charge in [0.2, 0.25) is 0 Å². The number of rotatable bonds is 0. The van der Waals surface area contributed by atoms with Crippen molar-refractivity contribution in [2.45, 2.75) is 46.0 Å². The molecule has 98 valence electrons. The van der Waals surface area contributed by atoms with Gasteiger partial charge in [-0.05, 0) is 23.6 Å². The van der Waals surface area contributed by atoms with Gasteiger partial charge in [0.05, 0.1) is 5.69 Å². The molecule has 2 heteroatoms. The summed E-state index contributed by atoms with van der Waals surface area (Å²) in [6.07, 6.45) is 1.92. The highest BCUT2D eigenvalue weighted by molar-refractivity contribution is 5.44. The maximum absolute atomic E-state index is 4.83. The smallest absolute Gasteiger partial charge is 0.134 e. The van der Waals surface area contributed by atoms with Crippen molar-refractivity contribution in [2.75, 3.05) is 0 Å². The van der Waals surface area contributed by atoms with Gasteiger partial charge in [-0.3, -0.25) is 0 Å². The Morgan fingerprint density at radius 2 is 1.58 bits per heavy atom. The van der Waals surface area contributed by atoms with Gasteiger partial charge < -0.3 is 0 Å². The zero-order valence-electron chi connectivity index (χ0n) is 12.1. The van der Waals surface area contributed by atoms with Crippen molar-refractivity contribution in [3.63, 3.8) is 0 Å². The minimum absolute atomic E-state index is 0.0107. The molecule has 0 bridgehead atoms. The summed E-state index contributed by atoms with van der Waals surface area (Å²) in [6, 6.07) is 8.66. The number of nitrogens with zero attached hydrogens (tertiary/aromatic N) is 2. The number of benzene rings is 1. The lowest BCUT2D eigenvalue weighted by Crippen LogP contribution is -2.21. The van der Waals surface area contributed by atoms with Crippen LogP contribution in [-0.2, 0) is 18.3 Å². The molecule has 0 atom stereocenters. The normalized spacial score (nSPS) is 13.9. The van der Waals surface area contributed by atoms with Crippen LogP contribution in [0.15, 0.2) is 24.3 Å². The first kappa shape index (κ1) is 12.3. The minimum atomic E-state index is 0.0107. The molecule has 0 fully saturated rings. The largest absolute Gasteiger partial charge is 0.237 e. The first-order valence-corrected chi connectivity index (χ1v) is 6.89. The highest BCUT2D eigenvalue weighted by Gasteiger charge is 2.24. The van der Waals surface area contributed by atoms with E-state index < -0.39 is 0 Å². The average Bonchev–Trinajstić information content (AvgIpc) is 2.35. The fourth-order valence-electron chi connectivity index (χ4n) is 2.64. The van der Waals surface area contributed by atoms with Crippen LogP contribution >= 0.6 is 0 Å². The zero-order chi connectivity index (χ0) is 13.6. The van der Waals surface area contributed by atoms with Crippen LogP contribution in [-0.4, -0.2) is 9.97 Å². The fourth-order valence-corrected chi connectivity index (χ4v) is 2.64. The Bertz CT molecular complexity index is 636. The third-order valence-electron chi connectivity index (χ3n) is 3.81. The van der Waals surface area contributed by atoms with Crippen LogP contribution in [0.2, 0.25) is 0 Å². The molecule has 1 aromatic carbocycles. The summed E-state index contributed by atoms with van der Waals surface area (Å²) in [4.78, 5) is 9.55. The van der Waals surface area contributed by atoms with E-state index in [4.69, 9.17) is 9.97 Å². The Morgan fingerprint density at radius 1 is 0.947 bits per heavy atom. The minimum Gasteiger partial charge on any atom is -0.237 e. The number of aryl methyl sites for hydroxylation is 1. The van der Waals surface area contributed by atoms with Crippen molar-refractivity contribution >= 4 is 0 Å². The number of aromatic nitrogens is 2. The fraction of sp³-hybridized carbons (Fsp3) is 0.412. The van der Waals surface area contributed by atoms with Crippen LogP contribution in [0.5, 0.6) is 0 Å². The lowest BCUT2D eigenvalue weighted by molar-refractivity contribution is 0.537. The second kappa shape index (κ2) is 4.16. The maximum Gasteiger partial charge on any atom is 0.134 e. The van der Waals surface area contributed by atoms with Gasteiger partial charge in [0.25, 0.3) is 0 Å². The SMILES string of the molecule is Cc1nc(C(C)(C)C)nc2c1Cc1ccccc1C2. The molecule has 19 heavy (non-hydrogen) atoms. The first-order valence-electron chi connectivity index (χ1n) is 6.89. The predicted octanol–water partition coefficient (Wildman–Crippen LogP) is 3.58. The van der Waals surface area contributed by atoms with Gasteiger partial charge in [-0.2, -0.15) is 0 Å². The van der Waals surface area contributed by atoms with Gasteiger partial charge in [0, 0.05) is 24.0 Å². The zero-order valence-corrected chi connectivity index (χ0v) is 12.1. The molecule has 0 aliphatic heterocycles. The van der Waals surface area contributed by atoms with E-state index in [0.29, 0.717) is 0 Å². The topological polar surface area (TPSA) is 25.8 Å². The summed E-state index contributed by atoms with van der Waals surface area (Å²) in [7, 11) is 0. The Hall–Kier alpha value is -1.70.